The van der Waals surface area contributed by atoms with Crippen LogP contribution in [0.15, 0.2) is 0 Å². The molecule has 1 rings (SSSR count). The van der Waals surface area contributed by atoms with E-state index in [1.165, 1.54) is 0 Å². The van der Waals surface area contributed by atoms with Crippen LogP contribution in [0.1, 0.15) is 59.3 Å². The lowest BCUT2D eigenvalue weighted by atomic mass is 10.2. The minimum absolute atomic E-state index is 0.158. The predicted octanol–water partition coefficient (Wildman–Crippen LogP) is 2.33. The van der Waals surface area contributed by atoms with E-state index in [9.17, 15) is 4.79 Å². The summed E-state index contributed by atoms with van der Waals surface area (Å²) in [6.45, 7) is 8.09. The Balaban J connectivity index is 2.47. The maximum Gasteiger partial charge on any atom is 0.410 e. The van der Waals surface area contributed by atoms with E-state index in [1.54, 1.807) is 4.90 Å². The highest BCUT2D eigenvalue weighted by Crippen LogP contribution is 2.21. The predicted molar refractivity (Wildman–Crippen MR) is 99.2 cm³/mol. The zero-order valence-corrected chi connectivity index (χ0v) is 16.6. The topological polar surface area (TPSA) is 88.5 Å². The van der Waals surface area contributed by atoms with Crippen molar-refractivity contribution in [2.45, 2.75) is 77.1 Å². The van der Waals surface area contributed by atoms with Gasteiger partial charge in [0.25, 0.3) is 0 Å². The van der Waals surface area contributed by atoms with E-state index in [2.05, 4.69) is 0 Å². The molecule has 154 valence electrons. The number of carbonyl (C=O) groups excluding carboxylic acids is 1. The summed E-state index contributed by atoms with van der Waals surface area (Å²) in [4.78, 5) is 14.0. The van der Waals surface area contributed by atoms with Gasteiger partial charge in [-0.25, -0.2) is 4.79 Å². The van der Waals surface area contributed by atoms with Gasteiger partial charge < -0.3 is 29.3 Å². The molecule has 0 bridgehead atoms. The van der Waals surface area contributed by atoms with E-state index >= 15 is 0 Å². The first-order valence-electron chi connectivity index (χ1n) is 9.80. The van der Waals surface area contributed by atoms with Gasteiger partial charge in [0, 0.05) is 26.4 Å². The van der Waals surface area contributed by atoms with Gasteiger partial charge in [0.15, 0.2) is 0 Å². The number of rotatable bonds is 12. The average Bonchev–Trinajstić information content (AvgIpc) is 2.96. The largest absolute Gasteiger partial charge is 0.444 e. The van der Waals surface area contributed by atoms with E-state index in [1.807, 2.05) is 20.8 Å². The lowest BCUT2D eigenvalue weighted by Crippen LogP contribution is -2.36. The number of aliphatic hydroxyl groups is 2. The Kier molecular flexibility index (Phi) is 11.1. The number of carbonyl (C=O) groups is 1. The summed E-state index contributed by atoms with van der Waals surface area (Å²) in [5, 5.41) is 17.7. The molecule has 0 aromatic rings. The number of hydrogen-bond donors (Lipinski definition) is 2. The van der Waals surface area contributed by atoms with Gasteiger partial charge in [0.1, 0.15) is 17.8 Å². The molecule has 2 atom stereocenters. The molecule has 1 fully saturated rings. The average molecular weight is 376 g/mol. The molecule has 7 nitrogen and oxygen atoms in total. The summed E-state index contributed by atoms with van der Waals surface area (Å²) in [5.74, 6) is 0. The first-order chi connectivity index (χ1) is 12.4. The van der Waals surface area contributed by atoms with Crippen LogP contribution in [0, 0.1) is 0 Å². The highest BCUT2D eigenvalue weighted by molar-refractivity contribution is 5.68. The smallest absolute Gasteiger partial charge is 0.410 e. The van der Waals surface area contributed by atoms with Crippen LogP contribution >= 0.6 is 0 Å². The van der Waals surface area contributed by atoms with E-state index in [-0.39, 0.29) is 31.5 Å². The maximum atomic E-state index is 12.3. The number of unbranched alkanes of at least 4 members (excludes halogenated alkanes) is 4. The van der Waals surface area contributed by atoms with E-state index in [0.717, 1.165) is 38.5 Å². The van der Waals surface area contributed by atoms with Crippen LogP contribution in [0.5, 0.6) is 0 Å². The minimum Gasteiger partial charge on any atom is -0.444 e. The van der Waals surface area contributed by atoms with Gasteiger partial charge in [-0.2, -0.15) is 0 Å². The van der Waals surface area contributed by atoms with Gasteiger partial charge >= 0.3 is 6.09 Å². The van der Waals surface area contributed by atoms with Crippen molar-refractivity contribution in [1.29, 1.82) is 0 Å². The van der Waals surface area contributed by atoms with Crippen LogP contribution in [0.2, 0.25) is 0 Å². The summed E-state index contributed by atoms with van der Waals surface area (Å²) in [6, 6.07) is 0. The Bertz CT molecular complexity index is 363. The SMILES string of the molecule is CC(C)(C)OC(=O)N1C[C@H](OCCCCCO)[C@@H](OCCCCCO)C1. The Morgan fingerprint density at radius 3 is 1.73 bits per heavy atom. The lowest BCUT2D eigenvalue weighted by molar-refractivity contribution is -0.0483. The van der Waals surface area contributed by atoms with Crippen LogP contribution in [0.25, 0.3) is 0 Å². The van der Waals surface area contributed by atoms with Crippen LogP contribution in [-0.2, 0) is 14.2 Å². The molecule has 0 spiro atoms. The molecule has 0 saturated carbocycles. The zero-order valence-electron chi connectivity index (χ0n) is 16.6. The Labute approximate surface area is 157 Å². The standard InChI is InChI=1S/C19H37NO6/c1-19(2,3)26-18(23)20-14-16(24-12-8-4-6-10-21)17(15-20)25-13-9-5-7-11-22/h16-17,21-22H,4-15H2,1-3H3/t16-,17-/m0/s1. The van der Waals surface area contributed by atoms with Gasteiger partial charge in [-0.3, -0.25) is 0 Å². The van der Waals surface area contributed by atoms with Crippen molar-refractivity contribution >= 4 is 6.09 Å². The summed E-state index contributed by atoms with van der Waals surface area (Å²) in [7, 11) is 0. The molecule has 1 saturated heterocycles. The third-order valence-electron chi connectivity index (χ3n) is 4.14. The number of hydrogen-bond acceptors (Lipinski definition) is 6. The van der Waals surface area contributed by atoms with Crippen molar-refractivity contribution in [2.75, 3.05) is 39.5 Å². The molecule has 1 aliphatic rings. The molecule has 1 heterocycles. The third-order valence-corrected chi connectivity index (χ3v) is 4.14. The second-order valence-corrected chi connectivity index (χ2v) is 7.77. The van der Waals surface area contributed by atoms with E-state index in [0.29, 0.717) is 26.3 Å². The highest BCUT2D eigenvalue weighted by atomic mass is 16.6. The minimum atomic E-state index is -0.527. The molecular formula is C19H37NO6. The molecule has 0 unspecified atom stereocenters. The Morgan fingerprint density at radius 2 is 1.35 bits per heavy atom. The van der Waals surface area contributed by atoms with Gasteiger partial charge in [0.05, 0.1) is 13.1 Å². The first-order valence-corrected chi connectivity index (χ1v) is 9.80. The molecule has 0 aromatic heterocycles. The molecular weight excluding hydrogens is 338 g/mol. The number of likely N-dealkylation sites (tertiary alicyclic amines) is 1. The summed E-state index contributed by atoms with van der Waals surface area (Å²) >= 11 is 0. The zero-order chi connectivity index (χ0) is 19.4. The highest BCUT2D eigenvalue weighted by Gasteiger charge is 2.38. The molecule has 7 heteroatoms. The van der Waals surface area contributed by atoms with Crippen molar-refractivity contribution in [3.63, 3.8) is 0 Å². The molecule has 0 radical (unpaired) electrons. The third kappa shape index (κ3) is 9.71. The fourth-order valence-electron chi connectivity index (χ4n) is 2.79. The summed E-state index contributed by atoms with van der Waals surface area (Å²) < 4.78 is 17.4. The second-order valence-electron chi connectivity index (χ2n) is 7.77. The van der Waals surface area contributed by atoms with Crippen LogP contribution < -0.4 is 0 Å². The fraction of sp³-hybridized carbons (Fsp3) is 0.947. The maximum absolute atomic E-state index is 12.3. The van der Waals surface area contributed by atoms with Gasteiger partial charge in [-0.15, -0.1) is 0 Å². The Morgan fingerprint density at radius 1 is 0.885 bits per heavy atom. The van der Waals surface area contributed by atoms with Crippen molar-refractivity contribution in [3.05, 3.63) is 0 Å². The van der Waals surface area contributed by atoms with Crippen molar-refractivity contribution in [2.24, 2.45) is 0 Å². The van der Waals surface area contributed by atoms with E-state index in [4.69, 9.17) is 24.4 Å². The normalized spacial score (nSPS) is 20.6. The van der Waals surface area contributed by atoms with Crippen LogP contribution in [0.4, 0.5) is 4.79 Å². The number of ether oxygens (including phenoxy) is 3. The van der Waals surface area contributed by atoms with E-state index < -0.39 is 5.60 Å². The summed E-state index contributed by atoms with van der Waals surface area (Å²) in [5.41, 5.74) is -0.527. The van der Waals surface area contributed by atoms with Crippen LogP contribution in [0.3, 0.4) is 0 Å². The molecule has 0 aliphatic carbocycles. The molecule has 1 aliphatic heterocycles. The van der Waals surface area contributed by atoms with Crippen LogP contribution in [-0.4, -0.2) is 78.5 Å². The van der Waals surface area contributed by atoms with Gasteiger partial charge in [-0.05, 0) is 59.3 Å². The number of aliphatic hydroxyl groups excluding tert-OH is 2. The number of nitrogens with zero attached hydrogens (tertiary/aromatic N) is 1. The lowest BCUT2D eigenvalue weighted by Gasteiger charge is -2.24. The van der Waals surface area contributed by atoms with Gasteiger partial charge in [0.2, 0.25) is 0 Å². The first kappa shape index (κ1) is 23.1. The second kappa shape index (κ2) is 12.5. The summed E-state index contributed by atoms with van der Waals surface area (Å²) in [6.07, 6.45) is 4.52. The number of amides is 1. The van der Waals surface area contributed by atoms with Gasteiger partial charge in [-0.1, -0.05) is 0 Å². The Hall–Kier alpha value is -0.890. The van der Waals surface area contributed by atoms with Crippen molar-refractivity contribution in [1.82, 2.24) is 4.90 Å². The molecule has 0 aromatic carbocycles. The molecule has 1 amide bonds. The fourth-order valence-corrected chi connectivity index (χ4v) is 2.79. The van der Waals surface area contributed by atoms with Crippen molar-refractivity contribution < 1.29 is 29.2 Å². The molecule has 26 heavy (non-hydrogen) atoms. The monoisotopic (exact) mass is 375 g/mol. The van der Waals surface area contributed by atoms with Crippen molar-refractivity contribution in [3.8, 4) is 0 Å². The molecule has 2 N–H and O–H groups in total. The quantitative estimate of drug-likeness (QED) is 0.509.